The summed E-state index contributed by atoms with van der Waals surface area (Å²) >= 11 is 0. The molecule has 6 N–H and O–H groups in total. The monoisotopic (exact) mass is 186 g/mol. The smallest absolute Gasteiger partial charge is 0.114 e. The fraction of sp³-hybridized carbons (Fsp3) is 0. The molecule has 0 aromatic carbocycles. The van der Waals surface area contributed by atoms with Crippen LogP contribution in [0.4, 0.5) is 0 Å². The van der Waals surface area contributed by atoms with Gasteiger partial charge in [-0.3, -0.25) is 0 Å². The topological polar surface area (TPSA) is 70.0 Å². The van der Waals surface area contributed by atoms with E-state index in [1.165, 1.54) is 0 Å². The van der Waals surface area contributed by atoms with Gasteiger partial charge in [0.25, 0.3) is 0 Å². The van der Waals surface area contributed by atoms with Crippen LogP contribution in [0.2, 0.25) is 0 Å². The molecule has 0 aliphatic heterocycles. The zero-order chi connectivity index (χ0) is 0. The Morgan fingerprint density at radius 1 is 0.600 bits per heavy atom. The average molecular weight is 188 g/mol. The minimum Gasteiger partial charge on any atom is -0.344 e. The van der Waals surface area contributed by atoms with Crippen LogP contribution < -0.4 is 12.3 Å². The van der Waals surface area contributed by atoms with E-state index in [-0.39, 0.29) is 54.1 Å². The van der Waals surface area contributed by atoms with Gasteiger partial charge in [0.05, 0.1) is 0 Å². The van der Waals surface area contributed by atoms with Crippen LogP contribution in [0.15, 0.2) is 0 Å². The first-order valence-corrected chi connectivity index (χ1v) is 0. The second-order valence-electron chi connectivity index (χ2n) is 0. The first kappa shape index (κ1) is 154. The Morgan fingerprint density at radius 2 is 0.600 bits per heavy atom. The van der Waals surface area contributed by atoms with Gasteiger partial charge in [0.15, 0.2) is 0 Å². The predicted octanol–water partition coefficient (Wildman–Crippen LogP) is 1.75. The summed E-state index contributed by atoms with van der Waals surface area (Å²) in [5, 5.41) is 0. The molecule has 0 aliphatic carbocycles. The van der Waals surface area contributed by atoms with Crippen LogP contribution in [0, 0.1) is 0 Å². The van der Waals surface area contributed by atoms with Crippen molar-refractivity contribution in [1.29, 1.82) is 0 Å². The molecule has 0 amide bonds. The molecular formula is H9BrCl2N2. The van der Waals surface area contributed by atoms with E-state index in [9.17, 15) is 0 Å². The Kier molecular flexibility index (Phi) is 2540. The highest BCUT2D eigenvalue weighted by molar-refractivity contribution is 8.93. The molecule has 0 atom stereocenters. The third-order valence-electron chi connectivity index (χ3n) is 0. The van der Waals surface area contributed by atoms with Gasteiger partial charge >= 0.3 is 0 Å². The van der Waals surface area contributed by atoms with Crippen molar-refractivity contribution in [3.63, 3.8) is 0 Å². The highest BCUT2D eigenvalue weighted by atomic mass is 79.9. The van der Waals surface area contributed by atoms with Gasteiger partial charge in [-0.15, -0.1) is 41.8 Å². The molecule has 0 aromatic rings. The molecule has 5 heteroatoms. The second-order valence-corrected chi connectivity index (χ2v) is 0. The van der Waals surface area contributed by atoms with Crippen LogP contribution in [-0.4, -0.2) is 0 Å². The fourth-order valence-corrected chi connectivity index (χ4v) is 0. The molecule has 40 valence electrons. The van der Waals surface area contributed by atoms with Crippen LogP contribution in [0.5, 0.6) is 0 Å². The molecule has 0 radical (unpaired) electrons. The standard InChI is InChI=1S/BrH.2ClH.2H3N/h3*1H;2*1H3. The van der Waals surface area contributed by atoms with Crippen molar-refractivity contribution in [3.05, 3.63) is 0 Å². The van der Waals surface area contributed by atoms with Crippen LogP contribution in [0.1, 0.15) is 0 Å². The Balaban J connectivity index is 0. The molecule has 2 nitrogen and oxygen atoms in total. The lowest BCUT2D eigenvalue weighted by atomic mass is 14.0. The zero-order valence-corrected chi connectivity index (χ0v) is 5.99. The summed E-state index contributed by atoms with van der Waals surface area (Å²) in [6.07, 6.45) is 0. The van der Waals surface area contributed by atoms with Crippen molar-refractivity contribution < 1.29 is 0 Å². The molecule has 0 aromatic heterocycles. The quantitative estimate of drug-likeness (QED) is 0.607. The average Bonchev–Trinajstić information content (AvgIpc) is 0. The van der Waals surface area contributed by atoms with Crippen LogP contribution >= 0.6 is 41.8 Å². The molecule has 0 fully saturated rings. The molecule has 0 heterocycles. The molecule has 0 spiro atoms. The van der Waals surface area contributed by atoms with E-state index in [4.69, 9.17) is 0 Å². The summed E-state index contributed by atoms with van der Waals surface area (Å²) in [6, 6.07) is 0. The number of hydrogen-bond acceptors (Lipinski definition) is 2. The SMILES string of the molecule is Br.Cl.Cl.N.N. The third kappa shape index (κ3) is 46.0. The van der Waals surface area contributed by atoms with Crippen LogP contribution in [0.3, 0.4) is 0 Å². The van der Waals surface area contributed by atoms with Gasteiger partial charge in [-0.1, -0.05) is 0 Å². The third-order valence-corrected chi connectivity index (χ3v) is 0. The van der Waals surface area contributed by atoms with E-state index in [2.05, 4.69) is 0 Å². The van der Waals surface area contributed by atoms with E-state index >= 15 is 0 Å². The normalized spacial score (nSPS) is 0. The van der Waals surface area contributed by atoms with Gasteiger partial charge in [0.2, 0.25) is 0 Å². The molecule has 0 saturated heterocycles. The molecule has 0 unspecified atom stereocenters. The fourth-order valence-electron chi connectivity index (χ4n) is 0. The van der Waals surface area contributed by atoms with Crippen molar-refractivity contribution in [1.82, 2.24) is 12.3 Å². The Hall–Kier alpha value is 0.980. The van der Waals surface area contributed by atoms with Crippen molar-refractivity contribution in [2.45, 2.75) is 0 Å². The van der Waals surface area contributed by atoms with E-state index < -0.39 is 0 Å². The summed E-state index contributed by atoms with van der Waals surface area (Å²) in [6.45, 7) is 0. The van der Waals surface area contributed by atoms with Crippen molar-refractivity contribution in [2.24, 2.45) is 0 Å². The highest BCUT2D eigenvalue weighted by Gasteiger charge is -0.114. The van der Waals surface area contributed by atoms with Crippen LogP contribution in [0.25, 0.3) is 0 Å². The van der Waals surface area contributed by atoms with Gasteiger partial charge in [0.1, 0.15) is 0 Å². The highest BCUT2D eigenvalue weighted by Crippen LogP contribution is 0.846. The minimum absolute atomic E-state index is 0. The largest absolute Gasteiger partial charge is 0.344 e. The Morgan fingerprint density at radius 3 is 0.600 bits per heavy atom. The lowest BCUT2D eigenvalue weighted by Gasteiger charge is -0.345. The van der Waals surface area contributed by atoms with Gasteiger partial charge in [-0.05, 0) is 0 Å². The van der Waals surface area contributed by atoms with Gasteiger partial charge in [-0.2, -0.15) is 0 Å². The van der Waals surface area contributed by atoms with Gasteiger partial charge < -0.3 is 12.3 Å². The molecule has 0 aliphatic rings. The molecular weight excluding hydrogens is 179 g/mol. The van der Waals surface area contributed by atoms with E-state index in [0.29, 0.717) is 0 Å². The minimum atomic E-state index is 0. The van der Waals surface area contributed by atoms with Gasteiger partial charge in [-0.25, -0.2) is 0 Å². The summed E-state index contributed by atoms with van der Waals surface area (Å²) in [4.78, 5) is 0. The van der Waals surface area contributed by atoms with E-state index in [0.717, 1.165) is 0 Å². The first-order chi connectivity index (χ1) is 0. The van der Waals surface area contributed by atoms with Crippen LogP contribution in [-0.2, 0) is 0 Å². The molecule has 0 bridgehead atoms. The first-order valence-electron chi connectivity index (χ1n) is 0. The molecule has 5 heavy (non-hydrogen) atoms. The molecule has 0 saturated carbocycles. The lowest BCUT2D eigenvalue weighted by Crippen LogP contribution is -0.482. The summed E-state index contributed by atoms with van der Waals surface area (Å²) < 4.78 is 0. The molecule has 0 rings (SSSR count). The maximum Gasteiger partial charge on any atom is -0.114 e. The van der Waals surface area contributed by atoms with Crippen molar-refractivity contribution in [3.8, 4) is 0 Å². The zero-order valence-electron chi connectivity index (χ0n) is 2.64. The predicted molar refractivity (Wildman–Crippen MR) is 34.9 cm³/mol. The summed E-state index contributed by atoms with van der Waals surface area (Å²) in [7, 11) is 0. The van der Waals surface area contributed by atoms with Crippen molar-refractivity contribution in [2.75, 3.05) is 0 Å². The Bertz CT molecular complexity index is 7.61. The summed E-state index contributed by atoms with van der Waals surface area (Å²) in [5.41, 5.74) is 0. The number of hydrogen-bond donors (Lipinski definition) is 2. The number of halogens is 3. The maximum atomic E-state index is 0. The van der Waals surface area contributed by atoms with E-state index in [1.54, 1.807) is 0 Å². The Labute approximate surface area is 54.5 Å². The lowest BCUT2D eigenvalue weighted by molar-refractivity contribution is 2.13. The van der Waals surface area contributed by atoms with Gasteiger partial charge in [0, 0.05) is 0 Å². The van der Waals surface area contributed by atoms with E-state index in [1.807, 2.05) is 0 Å². The van der Waals surface area contributed by atoms with Crippen molar-refractivity contribution >= 4 is 41.8 Å². The second kappa shape index (κ2) is 82.1. The summed E-state index contributed by atoms with van der Waals surface area (Å²) in [5.74, 6) is 0. The number of rotatable bonds is 0. The maximum absolute atomic E-state index is 0.